The Labute approximate surface area is 63.8 Å². The van der Waals surface area contributed by atoms with E-state index in [2.05, 4.69) is 10.2 Å². The molecule has 0 radical (unpaired) electrons. The minimum atomic E-state index is -0.113. The summed E-state index contributed by atoms with van der Waals surface area (Å²) in [5.41, 5.74) is 1.40. The largest absolute Gasteiger partial charge is 0.302 e. The van der Waals surface area contributed by atoms with Gasteiger partial charge >= 0.3 is 0 Å². The molecule has 1 rings (SSSR count). The van der Waals surface area contributed by atoms with E-state index in [0.29, 0.717) is 18.4 Å². The Kier molecular flexibility index (Phi) is 2.12. The molecule has 1 aromatic heterocycles. The molecule has 0 atom stereocenters. The molecule has 2 N–H and O–H groups in total. The monoisotopic (exact) mass is 151 g/mol. The molecule has 4 nitrogen and oxygen atoms in total. The van der Waals surface area contributed by atoms with E-state index < -0.39 is 0 Å². The van der Waals surface area contributed by atoms with Gasteiger partial charge in [-0.25, -0.2) is 0 Å². The summed E-state index contributed by atoms with van der Waals surface area (Å²) in [4.78, 5) is 10.9. The molecule has 0 aromatic carbocycles. The molecule has 0 aliphatic rings. The van der Waals surface area contributed by atoms with E-state index in [9.17, 15) is 4.79 Å². The second-order valence-electron chi connectivity index (χ2n) is 2.34. The van der Waals surface area contributed by atoms with Crippen LogP contribution < -0.4 is 5.56 Å². The molecule has 0 bridgehead atoms. The van der Waals surface area contributed by atoms with Crippen LogP contribution in [0.15, 0.2) is 4.79 Å². The molecular weight excluding hydrogens is 142 g/mol. The summed E-state index contributed by atoms with van der Waals surface area (Å²) >= 11 is 0. The highest BCUT2D eigenvalue weighted by atomic mass is 16.1. The third kappa shape index (κ3) is 1.49. The Morgan fingerprint density at radius 1 is 1.55 bits per heavy atom. The normalized spacial score (nSPS) is 9.45. The summed E-state index contributed by atoms with van der Waals surface area (Å²) in [5.74, 6) is 0. The third-order valence-corrected chi connectivity index (χ3v) is 1.58. The fourth-order valence-corrected chi connectivity index (χ4v) is 0.954. The predicted molar refractivity (Wildman–Crippen MR) is 40.1 cm³/mol. The van der Waals surface area contributed by atoms with Crippen molar-refractivity contribution in [2.45, 2.75) is 19.8 Å². The maximum atomic E-state index is 10.9. The predicted octanol–water partition coefficient (Wildman–Crippen LogP) is 0.468. The summed E-state index contributed by atoms with van der Waals surface area (Å²) in [6, 6.07) is 1.99. The van der Waals surface area contributed by atoms with E-state index in [1.807, 2.05) is 13.0 Å². The van der Waals surface area contributed by atoms with Gasteiger partial charge in [-0.2, -0.15) is 5.26 Å². The highest BCUT2D eigenvalue weighted by Crippen LogP contribution is 1.99. The summed E-state index contributed by atoms with van der Waals surface area (Å²) < 4.78 is 0. The van der Waals surface area contributed by atoms with Gasteiger partial charge < -0.3 is 5.10 Å². The highest BCUT2D eigenvalue weighted by molar-refractivity contribution is 5.15. The minimum Gasteiger partial charge on any atom is -0.302 e. The van der Waals surface area contributed by atoms with Crippen molar-refractivity contribution in [2.75, 3.05) is 0 Å². The van der Waals surface area contributed by atoms with E-state index in [0.717, 1.165) is 5.69 Å². The Morgan fingerprint density at radius 3 is 2.73 bits per heavy atom. The lowest BCUT2D eigenvalue weighted by atomic mass is 10.1. The van der Waals surface area contributed by atoms with Crippen LogP contribution in [0.5, 0.6) is 0 Å². The number of nitrogens with zero attached hydrogens (tertiary/aromatic N) is 1. The van der Waals surface area contributed by atoms with Crippen LogP contribution in [0, 0.1) is 18.3 Å². The van der Waals surface area contributed by atoms with Gasteiger partial charge in [0.05, 0.1) is 6.07 Å². The number of nitriles is 1. The molecule has 1 aromatic rings. The zero-order chi connectivity index (χ0) is 8.27. The summed E-state index contributed by atoms with van der Waals surface area (Å²) in [5, 5.41) is 13.4. The van der Waals surface area contributed by atoms with Gasteiger partial charge in [0.25, 0.3) is 5.56 Å². The van der Waals surface area contributed by atoms with Crippen LogP contribution in [0.2, 0.25) is 0 Å². The molecule has 0 saturated carbocycles. The van der Waals surface area contributed by atoms with E-state index in [1.54, 1.807) is 0 Å². The number of hydrogen-bond acceptors (Lipinski definition) is 2. The lowest BCUT2D eigenvalue weighted by Crippen LogP contribution is -2.05. The van der Waals surface area contributed by atoms with Crippen LogP contribution in [0.1, 0.15) is 17.7 Å². The van der Waals surface area contributed by atoms with E-state index >= 15 is 0 Å². The number of H-pyrrole nitrogens is 2. The first-order valence-corrected chi connectivity index (χ1v) is 3.38. The topological polar surface area (TPSA) is 72.4 Å². The van der Waals surface area contributed by atoms with Crippen molar-refractivity contribution in [3.05, 3.63) is 21.6 Å². The number of aryl methyl sites for hydroxylation is 1. The van der Waals surface area contributed by atoms with E-state index in [1.165, 1.54) is 0 Å². The first-order chi connectivity index (χ1) is 5.25. The molecule has 0 saturated heterocycles. The minimum absolute atomic E-state index is 0.113. The number of hydrogen-bond donors (Lipinski definition) is 2. The van der Waals surface area contributed by atoms with Crippen LogP contribution in [-0.4, -0.2) is 10.2 Å². The van der Waals surface area contributed by atoms with Crippen LogP contribution in [-0.2, 0) is 6.42 Å². The quantitative estimate of drug-likeness (QED) is 0.644. The standard InChI is InChI=1S/C7H9N3O/c1-5-6(3-2-4-8)7(11)10-9-5/h2-3H2,1H3,(H2,9,10,11). The second kappa shape index (κ2) is 3.06. The van der Waals surface area contributed by atoms with Crippen molar-refractivity contribution < 1.29 is 0 Å². The van der Waals surface area contributed by atoms with E-state index in [-0.39, 0.29) is 5.56 Å². The first kappa shape index (κ1) is 7.61. The number of aromatic nitrogens is 2. The van der Waals surface area contributed by atoms with Gasteiger partial charge in [0.2, 0.25) is 0 Å². The maximum absolute atomic E-state index is 10.9. The van der Waals surface area contributed by atoms with Crippen LogP contribution >= 0.6 is 0 Å². The van der Waals surface area contributed by atoms with Gasteiger partial charge in [0, 0.05) is 17.7 Å². The molecule has 0 fully saturated rings. The Hall–Kier alpha value is -1.50. The Balaban J connectivity index is 2.86. The van der Waals surface area contributed by atoms with Gasteiger partial charge in [-0.15, -0.1) is 0 Å². The van der Waals surface area contributed by atoms with Crippen molar-refractivity contribution >= 4 is 0 Å². The molecule has 0 amide bonds. The SMILES string of the molecule is Cc1[nH][nH]c(=O)c1CCC#N. The lowest BCUT2D eigenvalue weighted by Gasteiger charge is -1.89. The van der Waals surface area contributed by atoms with Crippen molar-refractivity contribution in [1.82, 2.24) is 10.2 Å². The van der Waals surface area contributed by atoms with Gasteiger partial charge in [-0.05, 0) is 13.3 Å². The van der Waals surface area contributed by atoms with Gasteiger partial charge in [0.1, 0.15) is 0 Å². The fourth-order valence-electron chi connectivity index (χ4n) is 0.954. The van der Waals surface area contributed by atoms with Crippen LogP contribution in [0.25, 0.3) is 0 Å². The maximum Gasteiger partial charge on any atom is 0.267 e. The molecule has 0 aliphatic heterocycles. The van der Waals surface area contributed by atoms with Gasteiger partial charge in [-0.3, -0.25) is 9.89 Å². The third-order valence-electron chi connectivity index (χ3n) is 1.58. The van der Waals surface area contributed by atoms with E-state index in [4.69, 9.17) is 5.26 Å². The zero-order valence-corrected chi connectivity index (χ0v) is 6.27. The molecule has 11 heavy (non-hydrogen) atoms. The second-order valence-corrected chi connectivity index (χ2v) is 2.34. The number of rotatable bonds is 2. The highest BCUT2D eigenvalue weighted by Gasteiger charge is 2.03. The molecule has 58 valence electrons. The number of aromatic amines is 2. The van der Waals surface area contributed by atoms with Gasteiger partial charge in [0.15, 0.2) is 0 Å². The van der Waals surface area contributed by atoms with Crippen molar-refractivity contribution in [1.29, 1.82) is 5.26 Å². The van der Waals surface area contributed by atoms with Crippen LogP contribution in [0.4, 0.5) is 0 Å². The first-order valence-electron chi connectivity index (χ1n) is 3.38. The number of nitrogens with one attached hydrogen (secondary N) is 2. The lowest BCUT2D eigenvalue weighted by molar-refractivity contribution is 0.986. The zero-order valence-electron chi connectivity index (χ0n) is 6.27. The van der Waals surface area contributed by atoms with Crippen LogP contribution in [0.3, 0.4) is 0 Å². The summed E-state index contributed by atoms with van der Waals surface area (Å²) in [7, 11) is 0. The molecular formula is C7H9N3O. The molecule has 4 heteroatoms. The average molecular weight is 151 g/mol. The molecule has 0 unspecified atom stereocenters. The molecule has 0 spiro atoms. The summed E-state index contributed by atoms with van der Waals surface area (Å²) in [6.45, 7) is 1.81. The molecule has 1 heterocycles. The smallest absolute Gasteiger partial charge is 0.267 e. The van der Waals surface area contributed by atoms with Crippen molar-refractivity contribution in [3.8, 4) is 6.07 Å². The summed E-state index contributed by atoms with van der Waals surface area (Å²) in [6.07, 6.45) is 0.920. The Bertz CT molecular complexity index is 328. The fraction of sp³-hybridized carbons (Fsp3) is 0.429. The molecule has 0 aliphatic carbocycles. The van der Waals surface area contributed by atoms with Crippen molar-refractivity contribution in [2.24, 2.45) is 0 Å². The van der Waals surface area contributed by atoms with Gasteiger partial charge in [-0.1, -0.05) is 0 Å². The Morgan fingerprint density at radius 2 is 2.27 bits per heavy atom. The average Bonchev–Trinajstić information content (AvgIpc) is 2.29. The van der Waals surface area contributed by atoms with Crippen molar-refractivity contribution in [3.63, 3.8) is 0 Å².